The average molecular weight is 256 g/mol. The number of rotatable bonds is 3. The van der Waals surface area contributed by atoms with E-state index in [0.717, 1.165) is 6.92 Å². The van der Waals surface area contributed by atoms with Gasteiger partial charge in [-0.2, -0.15) is 0 Å². The van der Waals surface area contributed by atoms with Gasteiger partial charge in [-0.3, -0.25) is 9.36 Å². The topological polar surface area (TPSA) is 115 Å². The summed E-state index contributed by atoms with van der Waals surface area (Å²) in [5.41, 5.74) is 0. The molecule has 4 N–H and O–H groups in total. The monoisotopic (exact) mass is 256 g/mol. The standard InChI is InChI=1S/C4H9O6P.3Na.3H/c1-4(7,2-3(5)6)11(8,9)10;;;;;;/h7H,2H2,1H3,(H,5,6)(H2,8,9,10);;;;;;/q;3*+1;3*-1. The molecule has 0 aromatic carbocycles. The molecule has 0 aliphatic heterocycles. The first-order valence-corrected chi connectivity index (χ1v) is 4.28. The fraction of sp³-hybridized carbons (Fsp3) is 0.750. The van der Waals surface area contributed by atoms with Crippen LogP contribution in [-0.2, 0) is 9.36 Å². The summed E-state index contributed by atoms with van der Waals surface area (Å²) in [5, 5.41) is 14.5. The fourth-order valence-corrected chi connectivity index (χ4v) is 0.731. The van der Waals surface area contributed by atoms with Gasteiger partial charge in [0.1, 0.15) is 0 Å². The number of carboxylic acid groups (broad SMARTS) is 1. The second kappa shape index (κ2) is 9.59. The van der Waals surface area contributed by atoms with E-state index in [4.69, 9.17) is 20.0 Å². The summed E-state index contributed by atoms with van der Waals surface area (Å²) in [6, 6.07) is 0. The Kier molecular flexibility index (Phi) is 17.4. The van der Waals surface area contributed by atoms with E-state index < -0.39 is 25.3 Å². The normalized spacial score (nSPS) is 13.7. The maximum Gasteiger partial charge on any atom is 1.00 e. The van der Waals surface area contributed by atoms with E-state index in [1.54, 1.807) is 0 Å². The summed E-state index contributed by atoms with van der Waals surface area (Å²) >= 11 is 0. The van der Waals surface area contributed by atoms with Gasteiger partial charge in [0.15, 0.2) is 5.34 Å². The van der Waals surface area contributed by atoms with Gasteiger partial charge in [0.2, 0.25) is 0 Å². The van der Waals surface area contributed by atoms with E-state index in [1.807, 2.05) is 0 Å². The minimum atomic E-state index is -4.75. The van der Waals surface area contributed by atoms with Crippen molar-refractivity contribution >= 4 is 13.6 Å². The fourth-order valence-electron chi connectivity index (χ4n) is 0.389. The molecule has 1 atom stereocenters. The van der Waals surface area contributed by atoms with Crippen LogP contribution in [0.1, 0.15) is 17.6 Å². The Morgan fingerprint density at radius 2 is 1.64 bits per heavy atom. The van der Waals surface area contributed by atoms with E-state index in [-0.39, 0.29) is 93.0 Å². The number of hydrogen-bond acceptors (Lipinski definition) is 3. The predicted molar refractivity (Wildman–Crippen MR) is 38.3 cm³/mol. The SMILES string of the molecule is CC(O)(CC(=O)O)P(=O)(O)O.[H-].[H-].[H-].[Na+].[Na+].[Na+]. The average Bonchev–Trinajstić information content (AvgIpc) is 1.56. The van der Waals surface area contributed by atoms with Crippen molar-refractivity contribution in [2.45, 2.75) is 18.7 Å². The molecule has 0 heterocycles. The molecule has 0 fully saturated rings. The first kappa shape index (κ1) is 25.4. The summed E-state index contributed by atoms with van der Waals surface area (Å²) in [6.07, 6.45) is -0.975. The number of hydrogen-bond donors (Lipinski definition) is 4. The van der Waals surface area contributed by atoms with Crippen molar-refractivity contribution in [3.8, 4) is 0 Å². The Balaban J connectivity index is -0.0000000333. The van der Waals surface area contributed by atoms with Crippen molar-refractivity contribution < 1.29 is 122 Å². The molecule has 0 saturated heterocycles. The Morgan fingerprint density at radius 3 is 1.71 bits per heavy atom. The molecule has 0 spiro atoms. The molecule has 0 aliphatic rings. The van der Waals surface area contributed by atoms with Crippen LogP contribution in [0.4, 0.5) is 0 Å². The van der Waals surface area contributed by atoms with Crippen LogP contribution in [0.3, 0.4) is 0 Å². The van der Waals surface area contributed by atoms with Crippen LogP contribution in [0.15, 0.2) is 0 Å². The Hall–Kier alpha value is 2.58. The molecule has 0 aromatic heterocycles. The van der Waals surface area contributed by atoms with Crippen molar-refractivity contribution in [1.29, 1.82) is 0 Å². The zero-order chi connectivity index (χ0) is 9.28. The third-order valence-electron chi connectivity index (χ3n) is 1.11. The number of carboxylic acids is 1. The molecule has 0 saturated carbocycles. The summed E-state index contributed by atoms with van der Waals surface area (Å²) < 4.78 is 10.4. The molecular formula is C4H12Na3O6P. The number of aliphatic carboxylic acids is 1. The third kappa shape index (κ3) is 9.78. The summed E-state index contributed by atoms with van der Waals surface area (Å²) in [6.45, 7) is 0.780. The second-order valence-corrected chi connectivity index (χ2v) is 4.38. The second-order valence-electron chi connectivity index (χ2n) is 2.33. The third-order valence-corrected chi connectivity index (χ3v) is 2.53. The smallest absolute Gasteiger partial charge is 1.00 e. The summed E-state index contributed by atoms with van der Waals surface area (Å²) in [5.74, 6) is -1.46. The zero-order valence-corrected chi connectivity index (χ0v) is 15.7. The van der Waals surface area contributed by atoms with Gasteiger partial charge in [-0.15, -0.1) is 0 Å². The van der Waals surface area contributed by atoms with Gasteiger partial charge >= 0.3 is 102 Å². The Bertz CT molecular complexity index is 225. The van der Waals surface area contributed by atoms with E-state index in [2.05, 4.69) is 0 Å². The van der Waals surface area contributed by atoms with Crippen LogP contribution in [-0.4, -0.2) is 31.3 Å². The van der Waals surface area contributed by atoms with Crippen LogP contribution in [0.2, 0.25) is 0 Å². The molecule has 0 radical (unpaired) electrons. The molecule has 6 nitrogen and oxygen atoms in total. The van der Waals surface area contributed by atoms with Gasteiger partial charge in [-0.1, -0.05) is 0 Å². The molecule has 0 aromatic rings. The summed E-state index contributed by atoms with van der Waals surface area (Å²) in [4.78, 5) is 26.7. The van der Waals surface area contributed by atoms with Gasteiger partial charge < -0.3 is 24.3 Å². The number of carbonyl (C=O) groups is 1. The van der Waals surface area contributed by atoms with E-state index in [0.29, 0.717) is 0 Å². The summed E-state index contributed by atoms with van der Waals surface area (Å²) in [7, 11) is -4.75. The molecule has 0 bridgehead atoms. The first-order chi connectivity index (χ1) is 4.67. The van der Waals surface area contributed by atoms with Crippen LogP contribution >= 0.6 is 7.60 Å². The van der Waals surface area contributed by atoms with Crippen molar-refractivity contribution in [1.82, 2.24) is 0 Å². The molecule has 1 unspecified atom stereocenters. The minimum Gasteiger partial charge on any atom is -1.00 e. The van der Waals surface area contributed by atoms with Crippen molar-refractivity contribution in [2.24, 2.45) is 0 Å². The van der Waals surface area contributed by atoms with Crippen LogP contribution in [0, 0.1) is 0 Å². The maximum absolute atomic E-state index is 10.4. The Morgan fingerprint density at radius 1 is 1.36 bits per heavy atom. The van der Waals surface area contributed by atoms with Gasteiger partial charge in [0.05, 0.1) is 6.42 Å². The van der Waals surface area contributed by atoms with E-state index >= 15 is 0 Å². The van der Waals surface area contributed by atoms with Crippen LogP contribution in [0.5, 0.6) is 0 Å². The van der Waals surface area contributed by atoms with Crippen molar-refractivity contribution in [2.75, 3.05) is 0 Å². The van der Waals surface area contributed by atoms with Gasteiger partial charge in [0.25, 0.3) is 0 Å². The predicted octanol–water partition coefficient (Wildman–Crippen LogP) is -9.30. The Labute approximate surface area is 152 Å². The van der Waals surface area contributed by atoms with Crippen LogP contribution < -0.4 is 88.7 Å². The molecule has 10 heteroatoms. The zero-order valence-electron chi connectivity index (χ0n) is 11.8. The molecule has 0 aliphatic carbocycles. The van der Waals surface area contributed by atoms with E-state index in [1.165, 1.54) is 0 Å². The molecular weight excluding hydrogens is 244 g/mol. The van der Waals surface area contributed by atoms with Crippen molar-refractivity contribution in [3.05, 3.63) is 0 Å². The minimum absolute atomic E-state index is 0. The molecule has 14 heavy (non-hydrogen) atoms. The van der Waals surface area contributed by atoms with Gasteiger partial charge in [-0.05, 0) is 6.92 Å². The van der Waals surface area contributed by atoms with Gasteiger partial charge in [0, 0.05) is 0 Å². The first-order valence-electron chi connectivity index (χ1n) is 2.66. The van der Waals surface area contributed by atoms with Crippen LogP contribution in [0.25, 0.3) is 0 Å². The van der Waals surface area contributed by atoms with E-state index in [9.17, 15) is 9.36 Å². The van der Waals surface area contributed by atoms with Crippen molar-refractivity contribution in [3.63, 3.8) is 0 Å². The quantitative estimate of drug-likeness (QED) is 0.294. The largest absolute Gasteiger partial charge is 1.00 e. The molecule has 0 amide bonds. The number of aliphatic hydroxyl groups is 1. The molecule has 72 valence electrons. The maximum atomic E-state index is 10.4. The molecule has 0 rings (SSSR count). The van der Waals surface area contributed by atoms with Gasteiger partial charge in [-0.25, -0.2) is 0 Å².